The van der Waals surface area contributed by atoms with E-state index >= 15 is 0 Å². The van der Waals surface area contributed by atoms with Gasteiger partial charge in [-0.2, -0.15) is 0 Å². The van der Waals surface area contributed by atoms with Crippen LogP contribution in [0.5, 0.6) is 0 Å². The van der Waals surface area contributed by atoms with E-state index in [1.54, 1.807) is 6.07 Å². The molecule has 1 amide bonds. The molecule has 7 heteroatoms. The summed E-state index contributed by atoms with van der Waals surface area (Å²) in [5.74, 6) is 0.210. The van der Waals surface area contributed by atoms with Gasteiger partial charge in [0.1, 0.15) is 0 Å². The van der Waals surface area contributed by atoms with Gasteiger partial charge in [0, 0.05) is 10.4 Å². The third-order valence-corrected chi connectivity index (χ3v) is 5.46. The van der Waals surface area contributed by atoms with Crippen LogP contribution in [0.3, 0.4) is 0 Å². The number of carbonyl (C=O) groups excluding carboxylic acids is 1. The number of benzene rings is 1. The van der Waals surface area contributed by atoms with E-state index in [9.17, 15) is 4.79 Å². The molecule has 1 aliphatic rings. The first kappa shape index (κ1) is 16.3. The summed E-state index contributed by atoms with van der Waals surface area (Å²) in [6.45, 7) is 0. The Morgan fingerprint density at radius 2 is 2.00 bits per heavy atom. The number of aromatic nitrogens is 2. The van der Waals surface area contributed by atoms with Gasteiger partial charge in [-0.25, -0.2) is 0 Å². The van der Waals surface area contributed by atoms with Gasteiger partial charge in [-0.1, -0.05) is 22.8 Å². The molecule has 0 spiro atoms. The predicted molar refractivity (Wildman–Crippen MR) is 98.0 cm³/mol. The zero-order valence-corrected chi connectivity index (χ0v) is 15.0. The summed E-state index contributed by atoms with van der Waals surface area (Å²) < 4.78 is 6.26. The average molecular weight is 374 g/mol. The Hall–Kier alpha value is -2.18. The minimum absolute atomic E-state index is 0.111. The molecule has 0 radical (unpaired) electrons. The van der Waals surface area contributed by atoms with Gasteiger partial charge in [-0.3, -0.25) is 10.1 Å². The molecule has 0 saturated heterocycles. The number of nitrogens with one attached hydrogen (secondary N) is 1. The van der Waals surface area contributed by atoms with E-state index in [0.29, 0.717) is 10.2 Å². The summed E-state index contributed by atoms with van der Waals surface area (Å²) in [5.41, 5.74) is 3.64. The molecule has 2 aromatic heterocycles. The van der Waals surface area contributed by atoms with Crippen molar-refractivity contribution < 1.29 is 9.21 Å². The van der Waals surface area contributed by atoms with Crippen LogP contribution < -0.4 is 5.32 Å². The predicted octanol–water partition coefficient (Wildman–Crippen LogP) is 4.51. The monoisotopic (exact) mass is 373 g/mol. The molecule has 2 heterocycles. The van der Waals surface area contributed by atoms with E-state index in [-0.39, 0.29) is 18.3 Å². The van der Waals surface area contributed by atoms with Crippen molar-refractivity contribution in [2.75, 3.05) is 5.32 Å². The van der Waals surface area contributed by atoms with Crippen molar-refractivity contribution in [3.8, 4) is 11.5 Å². The molecular weight excluding hydrogens is 358 g/mol. The second kappa shape index (κ2) is 6.98. The Morgan fingerprint density at radius 1 is 1.16 bits per heavy atom. The summed E-state index contributed by atoms with van der Waals surface area (Å²) in [7, 11) is 0. The van der Waals surface area contributed by atoms with Crippen LogP contribution in [-0.4, -0.2) is 16.1 Å². The first-order chi connectivity index (χ1) is 12.2. The maximum absolute atomic E-state index is 12.1. The molecule has 4 rings (SSSR count). The van der Waals surface area contributed by atoms with Crippen LogP contribution in [0.2, 0.25) is 4.34 Å². The smallest absolute Gasteiger partial charge is 0.322 e. The highest BCUT2D eigenvalue weighted by Gasteiger charge is 2.15. The van der Waals surface area contributed by atoms with E-state index in [0.717, 1.165) is 23.3 Å². The van der Waals surface area contributed by atoms with Crippen molar-refractivity contribution >= 4 is 34.9 Å². The SMILES string of the molecule is O=C(Cc1ccc(Cl)s1)Nc1nnc(-c2ccc3c(c2)CCCC3)o1. The molecule has 128 valence electrons. The quantitative estimate of drug-likeness (QED) is 0.730. The molecule has 0 atom stereocenters. The van der Waals surface area contributed by atoms with Gasteiger partial charge in [0.15, 0.2) is 0 Å². The van der Waals surface area contributed by atoms with E-state index in [2.05, 4.69) is 27.6 Å². The Balaban J connectivity index is 1.45. The molecule has 0 aliphatic heterocycles. The second-order valence-corrected chi connectivity index (χ2v) is 7.83. The molecule has 25 heavy (non-hydrogen) atoms. The van der Waals surface area contributed by atoms with Crippen molar-refractivity contribution in [1.29, 1.82) is 0 Å². The molecule has 5 nitrogen and oxygen atoms in total. The maximum atomic E-state index is 12.1. The number of nitrogens with zero attached hydrogens (tertiary/aromatic N) is 2. The lowest BCUT2D eigenvalue weighted by molar-refractivity contribution is -0.115. The largest absolute Gasteiger partial charge is 0.403 e. The number of halogens is 1. The molecule has 0 unspecified atom stereocenters. The lowest BCUT2D eigenvalue weighted by Crippen LogP contribution is -2.13. The van der Waals surface area contributed by atoms with Crippen LogP contribution in [0.15, 0.2) is 34.7 Å². The van der Waals surface area contributed by atoms with Gasteiger partial charge in [-0.05, 0) is 61.1 Å². The highest BCUT2D eigenvalue weighted by molar-refractivity contribution is 7.16. The lowest BCUT2D eigenvalue weighted by atomic mass is 9.90. The highest BCUT2D eigenvalue weighted by Crippen LogP contribution is 2.27. The Kier molecular flexibility index (Phi) is 4.55. The fourth-order valence-corrected chi connectivity index (χ4v) is 4.11. The van der Waals surface area contributed by atoms with Gasteiger partial charge in [0.2, 0.25) is 11.8 Å². The van der Waals surface area contributed by atoms with Gasteiger partial charge in [-0.15, -0.1) is 16.4 Å². The van der Waals surface area contributed by atoms with Crippen molar-refractivity contribution in [2.45, 2.75) is 32.1 Å². The number of amides is 1. The standard InChI is InChI=1S/C18H16ClN3O2S/c19-15-8-7-14(25-15)10-16(23)20-18-22-21-17(24-18)13-6-5-11-3-1-2-4-12(11)9-13/h5-9H,1-4,10H2,(H,20,22,23). The van der Waals surface area contributed by atoms with Crippen molar-refractivity contribution in [3.05, 3.63) is 50.7 Å². The van der Waals surface area contributed by atoms with E-state index in [1.165, 1.54) is 35.3 Å². The number of thiophene rings is 1. The van der Waals surface area contributed by atoms with Crippen LogP contribution in [0.25, 0.3) is 11.5 Å². The second-order valence-electron chi connectivity index (χ2n) is 6.03. The summed E-state index contributed by atoms with van der Waals surface area (Å²) in [6, 6.07) is 9.96. The van der Waals surface area contributed by atoms with Crippen LogP contribution in [-0.2, 0) is 24.1 Å². The molecule has 1 N–H and O–H groups in total. The van der Waals surface area contributed by atoms with Crippen molar-refractivity contribution in [1.82, 2.24) is 10.2 Å². The zero-order valence-electron chi connectivity index (χ0n) is 13.4. The summed E-state index contributed by atoms with van der Waals surface area (Å²) >= 11 is 7.25. The van der Waals surface area contributed by atoms with E-state index in [4.69, 9.17) is 16.0 Å². The Morgan fingerprint density at radius 3 is 2.80 bits per heavy atom. The van der Waals surface area contributed by atoms with Crippen LogP contribution in [0, 0.1) is 0 Å². The molecular formula is C18H16ClN3O2S. The van der Waals surface area contributed by atoms with Crippen molar-refractivity contribution in [2.24, 2.45) is 0 Å². The first-order valence-corrected chi connectivity index (χ1v) is 9.36. The van der Waals surface area contributed by atoms with Crippen LogP contribution in [0.4, 0.5) is 6.01 Å². The molecule has 3 aromatic rings. The fourth-order valence-electron chi connectivity index (χ4n) is 3.03. The van der Waals surface area contributed by atoms with Gasteiger partial charge >= 0.3 is 6.01 Å². The fraction of sp³-hybridized carbons (Fsp3) is 0.278. The lowest BCUT2D eigenvalue weighted by Gasteiger charge is -2.15. The minimum atomic E-state index is -0.209. The van der Waals surface area contributed by atoms with E-state index < -0.39 is 0 Å². The average Bonchev–Trinajstić information content (AvgIpc) is 3.23. The summed E-state index contributed by atoms with van der Waals surface area (Å²) in [6.07, 6.45) is 4.92. The maximum Gasteiger partial charge on any atom is 0.322 e. The zero-order chi connectivity index (χ0) is 17.2. The minimum Gasteiger partial charge on any atom is -0.403 e. The normalized spacial score (nSPS) is 13.5. The molecule has 0 fully saturated rings. The van der Waals surface area contributed by atoms with Gasteiger partial charge in [0.25, 0.3) is 0 Å². The third-order valence-electron chi connectivity index (χ3n) is 4.23. The van der Waals surface area contributed by atoms with Crippen molar-refractivity contribution in [3.63, 3.8) is 0 Å². The first-order valence-electron chi connectivity index (χ1n) is 8.17. The highest BCUT2D eigenvalue weighted by atomic mass is 35.5. The molecule has 1 aromatic carbocycles. The topological polar surface area (TPSA) is 68.0 Å². The molecule has 0 bridgehead atoms. The number of carbonyl (C=O) groups is 1. The summed E-state index contributed by atoms with van der Waals surface area (Å²) in [5, 5.41) is 10.6. The van der Waals surface area contributed by atoms with Crippen LogP contribution in [0.1, 0.15) is 28.8 Å². The van der Waals surface area contributed by atoms with Gasteiger partial charge in [0.05, 0.1) is 10.8 Å². The third kappa shape index (κ3) is 3.75. The Bertz CT molecular complexity index is 919. The van der Waals surface area contributed by atoms with E-state index in [1.807, 2.05) is 12.1 Å². The van der Waals surface area contributed by atoms with Crippen LogP contribution >= 0.6 is 22.9 Å². The number of fused-ring (bicyclic) bond motifs is 1. The molecule has 1 aliphatic carbocycles. The number of hydrogen-bond acceptors (Lipinski definition) is 5. The number of hydrogen-bond donors (Lipinski definition) is 1. The number of aryl methyl sites for hydroxylation is 2. The van der Waals surface area contributed by atoms with Gasteiger partial charge < -0.3 is 4.42 Å². The number of anilines is 1. The Labute approximate surface area is 154 Å². The molecule has 0 saturated carbocycles. The summed E-state index contributed by atoms with van der Waals surface area (Å²) in [4.78, 5) is 12.9. The number of rotatable bonds is 4.